The average Bonchev–Trinajstić information content (AvgIpc) is 3.09. The zero-order chi connectivity index (χ0) is 17.4. The van der Waals surface area contributed by atoms with E-state index in [1.807, 2.05) is 41.9 Å². The molecule has 0 aliphatic carbocycles. The van der Waals surface area contributed by atoms with Gasteiger partial charge in [0.1, 0.15) is 0 Å². The van der Waals surface area contributed by atoms with E-state index in [-0.39, 0.29) is 18.3 Å². The summed E-state index contributed by atoms with van der Waals surface area (Å²) in [5.41, 5.74) is 4.12. The van der Waals surface area contributed by atoms with E-state index < -0.39 is 0 Å². The van der Waals surface area contributed by atoms with Crippen LogP contribution in [0.2, 0.25) is 0 Å². The molecule has 6 heteroatoms. The summed E-state index contributed by atoms with van der Waals surface area (Å²) in [5.74, 6) is 0.230. The molecule has 2 saturated heterocycles. The largest absolute Gasteiger partial charge is 0.341 e. The fraction of sp³-hybridized carbons (Fsp3) is 0.500. The molecule has 1 N–H and O–H groups in total. The lowest BCUT2D eigenvalue weighted by atomic mass is 10.1. The van der Waals surface area contributed by atoms with Crippen LogP contribution in [0.15, 0.2) is 30.3 Å². The van der Waals surface area contributed by atoms with Gasteiger partial charge in [-0.1, -0.05) is 18.2 Å². The third-order valence-corrected chi connectivity index (χ3v) is 5.65. The molecule has 2 fully saturated rings. The summed E-state index contributed by atoms with van der Waals surface area (Å²) in [4.78, 5) is 15.0. The van der Waals surface area contributed by atoms with Crippen molar-refractivity contribution in [3.63, 3.8) is 0 Å². The predicted octanol–water partition coefficient (Wildman–Crippen LogP) is 2.81. The van der Waals surface area contributed by atoms with Crippen molar-refractivity contribution in [3.05, 3.63) is 47.3 Å². The Morgan fingerprint density at radius 1 is 1.15 bits per heavy atom. The lowest BCUT2D eigenvalue weighted by molar-refractivity contribution is -0.130. The van der Waals surface area contributed by atoms with Crippen LogP contribution < -0.4 is 5.32 Å². The quantitative estimate of drug-likeness (QED) is 0.898. The molecule has 1 aromatic heterocycles. The Kier molecular flexibility index (Phi) is 5.68. The number of likely N-dealkylation sites (tertiary alicyclic amines) is 1. The number of hydrogen-bond acceptors (Lipinski definition) is 3. The molecule has 26 heavy (non-hydrogen) atoms. The lowest BCUT2D eigenvalue weighted by Gasteiger charge is -2.24. The monoisotopic (exact) mass is 374 g/mol. The van der Waals surface area contributed by atoms with Crippen LogP contribution in [0.5, 0.6) is 0 Å². The van der Waals surface area contributed by atoms with Gasteiger partial charge in [0, 0.05) is 36.4 Å². The molecule has 2 unspecified atom stereocenters. The number of para-hydroxylation sites is 1. The number of nitrogens with one attached hydrogen (secondary N) is 1. The van der Waals surface area contributed by atoms with E-state index in [2.05, 4.69) is 22.2 Å². The van der Waals surface area contributed by atoms with Crippen LogP contribution in [0, 0.1) is 13.8 Å². The zero-order valence-corrected chi connectivity index (χ0v) is 16.3. The van der Waals surface area contributed by atoms with Gasteiger partial charge < -0.3 is 10.2 Å². The van der Waals surface area contributed by atoms with Crippen LogP contribution in [0.4, 0.5) is 0 Å². The number of fused-ring (bicyclic) bond motifs is 2. The molecule has 2 bridgehead atoms. The van der Waals surface area contributed by atoms with Gasteiger partial charge in [0.15, 0.2) is 0 Å². The van der Waals surface area contributed by atoms with Crippen LogP contribution in [0.25, 0.3) is 5.69 Å². The molecule has 2 atom stereocenters. The van der Waals surface area contributed by atoms with Crippen molar-refractivity contribution in [2.45, 2.75) is 51.6 Å². The van der Waals surface area contributed by atoms with Crippen LogP contribution >= 0.6 is 12.4 Å². The highest BCUT2D eigenvalue weighted by atomic mass is 35.5. The number of rotatable bonds is 3. The summed E-state index contributed by atoms with van der Waals surface area (Å²) in [7, 11) is 0. The third-order valence-electron chi connectivity index (χ3n) is 5.65. The predicted molar refractivity (Wildman–Crippen MR) is 105 cm³/mol. The van der Waals surface area contributed by atoms with Crippen LogP contribution in [0.1, 0.15) is 36.2 Å². The van der Waals surface area contributed by atoms with Gasteiger partial charge in [-0.15, -0.1) is 12.4 Å². The summed E-state index contributed by atoms with van der Waals surface area (Å²) >= 11 is 0. The number of carbonyl (C=O) groups excluding carboxylic acids is 1. The van der Waals surface area contributed by atoms with E-state index in [0.29, 0.717) is 18.5 Å². The van der Waals surface area contributed by atoms with Gasteiger partial charge in [0.25, 0.3) is 0 Å². The number of carbonyl (C=O) groups is 1. The van der Waals surface area contributed by atoms with Gasteiger partial charge >= 0.3 is 0 Å². The first-order chi connectivity index (χ1) is 12.1. The standard InChI is InChI=1S/C20H26N4O.ClH/c1-14-19(15(2)24(22-14)18-6-4-3-5-7-18)12-20(25)23-11-10-16-8-9-17(13-23)21-16;/h3-7,16-17,21H,8-13H2,1-2H3;1H. The van der Waals surface area contributed by atoms with Gasteiger partial charge in [-0.25, -0.2) is 4.68 Å². The van der Waals surface area contributed by atoms with Crippen molar-refractivity contribution in [3.8, 4) is 5.69 Å². The molecule has 0 radical (unpaired) electrons. The molecule has 3 heterocycles. The van der Waals surface area contributed by atoms with Gasteiger partial charge in [-0.3, -0.25) is 4.79 Å². The second-order valence-electron chi connectivity index (χ2n) is 7.34. The summed E-state index contributed by atoms with van der Waals surface area (Å²) in [6.45, 7) is 5.78. The SMILES string of the molecule is Cc1nn(-c2ccccc2)c(C)c1CC(=O)N1CCC2CCC(C1)N2.Cl. The normalized spacial score (nSPS) is 22.0. The lowest BCUT2D eigenvalue weighted by Crippen LogP contribution is -2.39. The molecule has 0 saturated carbocycles. The van der Waals surface area contributed by atoms with Gasteiger partial charge in [0.2, 0.25) is 5.91 Å². The Morgan fingerprint density at radius 3 is 2.65 bits per heavy atom. The molecule has 5 nitrogen and oxygen atoms in total. The van der Waals surface area contributed by atoms with E-state index >= 15 is 0 Å². The van der Waals surface area contributed by atoms with Gasteiger partial charge in [-0.05, 0) is 45.2 Å². The third kappa shape index (κ3) is 3.64. The van der Waals surface area contributed by atoms with Crippen molar-refractivity contribution in [1.82, 2.24) is 20.0 Å². The highest BCUT2D eigenvalue weighted by Crippen LogP contribution is 2.23. The second kappa shape index (κ2) is 7.80. The van der Waals surface area contributed by atoms with E-state index in [9.17, 15) is 4.79 Å². The van der Waals surface area contributed by atoms with Crippen molar-refractivity contribution < 1.29 is 4.79 Å². The topological polar surface area (TPSA) is 50.2 Å². The first-order valence-corrected chi connectivity index (χ1v) is 9.26. The van der Waals surface area contributed by atoms with E-state index in [1.165, 1.54) is 12.8 Å². The number of hydrogen-bond donors (Lipinski definition) is 1. The zero-order valence-electron chi connectivity index (χ0n) is 15.4. The maximum atomic E-state index is 12.9. The van der Waals surface area contributed by atoms with E-state index in [0.717, 1.165) is 42.1 Å². The highest BCUT2D eigenvalue weighted by Gasteiger charge is 2.31. The van der Waals surface area contributed by atoms with Crippen molar-refractivity contribution in [2.75, 3.05) is 13.1 Å². The Morgan fingerprint density at radius 2 is 1.88 bits per heavy atom. The minimum Gasteiger partial charge on any atom is -0.341 e. The molecule has 4 rings (SSSR count). The Bertz CT molecular complexity index is 774. The number of aromatic nitrogens is 2. The van der Waals surface area contributed by atoms with Gasteiger partial charge in [0.05, 0.1) is 17.8 Å². The Labute approximate surface area is 161 Å². The first kappa shape index (κ1) is 18.9. The van der Waals surface area contributed by atoms with Crippen LogP contribution in [-0.2, 0) is 11.2 Å². The minimum absolute atomic E-state index is 0. The number of amides is 1. The molecule has 140 valence electrons. The number of halogens is 1. The van der Waals surface area contributed by atoms with Crippen LogP contribution in [-0.4, -0.2) is 45.8 Å². The number of benzene rings is 1. The van der Waals surface area contributed by atoms with E-state index in [1.54, 1.807) is 0 Å². The van der Waals surface area contributed by atoms with E-state index in [4.69, 9.17) is 0 Å². The molecule has 0 spiro atoms. The molecule has 1 aromatic carbocycles. The average molecular weight is 375 g/mol. The van der Waals surface area contributed by atoms with Crippen LogP contribution in [0.3, 0.4) is 0 Å². The molecule has 1 amide bonds. The van der Waals surface area contributed by atoms with Crippen molar-refractivity contribution in [1.29, 1.82) is 0 Å². The first-order valence-electron chi connectivity index (χ1n) is 9.26. The maximum Gasteiger partial charge on any atom is 0.227 e. The summed E-state index contributed by atoms with van der Waals surface area (Å²) < 4.78 is 1.95. The summed E-state index contributed by atoms with van der Waals surface area (Å²) in [6.07, 6.45) is 3.97. The number of nitrogens with zero attached hydrogens (tertiary/aromatic N) is 3. The molecule has 2 aliphatic rings. The smallest absolute Gasteiger partial charge is 0.227 e. The molecule has 2 aromatic rings. The molecule has 2 aliphatic heterocycles. The molecular weight excluding hydrogens is 348 g/mol. The van der Waals surface area contributed by atoms with Crippen molar-refractivity contribution in [2.24, 2.45) is 0 Å². The van der Waals surface area contributed by atoms with Gasteiger partial charge in [-0.2, -0.15) is 5.10 Å². The summed E-state index contributed by atoms with van der Waals surface area (Å²) in [5, 5.41) is 8.31. The highest BCUT2D eigenvalue weighted by molar-refractivity contribution is 5.85. The second-order valence-corrected chi connectivity index (χ2v) is 7.34. The minimum atomic E-state index is 0. The van der Waals surface area contributed by atoms with Crippen molar-refractivity contribution >= 4 is 18.3 Å². The molecular formula is C20H27ClN4O. The fourth-order valence-electron chi connectivity index (χ4n) is 4.18. The Balaban J connectivity index is 0.00000196. The summed E-state index contributed by atoms with van der Waals surface area (Å²) in [6, 6.07) is 11.2. The fourth-order valence-corrected chi connectivity index (χ4v) is 4.18. The number of aryl methyl sites for hydroxylation is 1. The maximum absolute atomic E-state index is 12.9. The Hall–Kier alpha value is -1.85.